The highest BCUT2D eigenvalue weighted by Gasteiger charge is 2.29. The van der Waals surface area contributed by atoms with Crippen LogP contribution in [-0.2, 0) is 17.1 Å². The highest BCUT2D eigenvalue weighted by Crippen LogP contribution is 2.28. The van der Waals surface area contributed by atoms with E-state index in [4.69, 9.17) is 11.6 Å². The van der Waals surface area contributed by atoms with Crippen LogP contribution in [0.4, 0.5) is 0 Å². The van der Waals surface area contributed by atoms with Crippen LogP contribution in [0.15, 0.2) is 47.4 Å². The first-order chi connectivity index (χ1) is 13.2. The van der Waals surface area contributed by atoms with E-state index in [1.807, 2.05) is 24.3 Å². The van der Waals surface area contributed by atoms with Crippen LogP contribution in [0.3, 0.4) is 0 Å². The van der Waals surface area contributed by atoms with Crippen LogP contribution in [0.2, 0.25) is 5.02 Å². The van der Waals surface area contributed by atoms with Gasteiger partial charge in [-0.2, -0.15) is 5.26 Å². The van der Waals surface area contributed by atoms with Crippen LogP contribution in [0.1, 0.15) is 22.1 Å². The van der Waals surface area contributed by atoms with Gasteiger partial charge in [-0.1, -0.05) is 23.7 Å². The third-order valence-corrected chi connectivity index (χ3v) is 6.74. The molecule has 0 amide bonds. The first-order valence-electron chi connectivity index (χ1n) is 8.25. The van der Waals surface area contributed by atoms with E-state index in [2.05, 4.69) is 4.98 Å². The monoisotopic (exact) mass is 416 g/mol. The lowest BCUT2D eigenvalue weighted by atomic mass is 9.98. The van der Waals surface area contributed by atoms with Gasteiger partial charge in [0.15, 0.2) is 11.7 Å². The van der Waals surface area contributed by atoms with Crippen molar-refractivity contribution in [3.05, 3.63) is 58.9 Å². The van der Waals surface area contributed by atoms with Gasteiger partial charge in [0.2, 0.25) is 10.0 Å². The number of benzene rings is 2. The summed E-state index contributed by atoms with van der Waals surface area (Å²) in [7, 11) is 0.630. The first-order valence-corrected chi connectivity index (χ1v) is 10.1. The molecule has 144 valence electrons. The number of nitrogens with zero attached hydrogens (tertiary/aromatic N) is 4. The van der Waals surface area contributed by atoms with Gasteiger partial charge in [0, 0.05) is 26.7 Å². The zero-order valence-electron chi connectivity index (χ0n) is 15.4. The number of nitriles is 1. The average molecular weight is 417 g/mol. The Kier molecular flexibility index (Phi) is 5.26. The van der Waals surface area contributed by atoms with Gasteiger partial charge in [-0.05, 0) is 30.3 Å². The molecule has 1 heterocycles. The SMILES string of the molecule is CN(C)S(=O)(=O)c1cc(C(=O)C(C#N)c2nc3ccccc3n2C)ccc1Cl. The molecule has 0 spiro atoms. The number of ketones is 1. The van der Waals surface area contributed by atoms with Gasteiger partial charge in [-0.3, -0.25) is 4.79 Å². The van der Waals surface area contributed by atoms with Crippen molar-refractivity contribution in [1.29, 1.82) is 5.26 Å². The Balaban J connectivity index is 2.10. The number of rotatable bonds is 5. The number of hydrogen-bond donors (Lipinski definition) is 0. The molecular weight excluding hydrogens is 400 g/mol. The Bertz CT molecular complexity index is 1230. The quantitative estimate of drug-likeness (QED) is 0.596. The van der Waals surface area contributed by atoms with Crippen molar-refractivity contribution in [2.75, 3.05) is 14.1 Å². The van der Waals surface area contributed by atoms with E-state index in [1.165, 1.54) is 32.3 Å². The van der Waals surface area contributed by atoms with Crippen LogP contribution >= 0.6 is 11.6 Å². The van der Waals surface area contributed by atoms with Crippen LogP contribution in [0.25, 0.3) is 11.0 Å². The predicted molar refractivity (Wildman–Crippen MR) is 106 cm³/mol. The maximum atomic E-state index is 13.0. The molecule has 0 aliphatic carbocycles. The van der Waals surface area contributed by atoms with Gasteiger partial charge < -0.3 is 4.57 Å². The summed E-state index contributed by atoms with van der Waals surface area (Å²) < 4.78 is 27.6. The lowest BCUT2D eigenvalue weighted by molar-refractivity contribution is 0.0975. The Morgan fingerprint density at radius 2 is 1.93 bits per heavy atom. The van der Waals surface area contributed by atoms with E-state index in [-0.39, 0.29) is 15.5 Å². The van der Waals surface area contributed by atoms with Crippen LogP contribution < -0.4 is 0 Å². The topological polar surface area (TPSA) is 96.1 Å². The van der Waals surface area contributed by atoms with Gasteiger partial charge in [0.1, 0.15) is 10.7 Å². The number of halogens is 1. The van der Waals surface area contributed by atoms with Crippen molar-refractivity contribution < 1.29 is 13.2 Å². The Labute approximate surface area is 167 Å². The van der Waals surface area contributed by atoms with E-state index in [0.717, 1.165) is 9.82 Å². The summed E-state index contributed by atoms with van der Waals surface area (Å²) >= 11 is 6.04. The number of fused-ring (bicyclic) bond motifs is 1. The normalized spacial score (nSPS) is 12.9. The molecule has 3 aromatic rings. The molecule has 7 nitrogen and oxygen atoms in total. The number of aryl methyl sites for hydroxylation is 1. The maximum Gasteiger partial charge on any atom is 0.244 e. The van der Waals surface area contributed by atoms with E-state index < -0.39 is 21.7 Å². The van der Waals surface area contributed by atoms with E-state index in [0.29, 0.717) is 11.3 Å². The Hall–Kier alpha value is -2.73. The Morgan fingerprint density at radius 3 is 2.54 bits per heavy atom. The van der Waals surface area contributed by atoms with Gasteiger partial charge in [-0.25, -0.2) is 17.7 Å². The van der Waals surface area contributed by atoms with Crippen molar-refractivity contribution >= 4 is 38.4 Å². The van der Waals surface area contributed by atoms with Crippen LogP contribution in [0.5, 0.6) is 0 Å². The summed E-state index contributed by atoms with van der Waals surface area (Å²) in [5.41, 5.74) is 1.53. The molecule has 0 fully saturated rings. The van der Waals surface area contributed by atoms with Crippen molar-refractivity contribution in [2.24, 2.45) is 7.05 Å². The van der Waals surface area contributed by atoms with Gasteiger partial charge >= 0.3 is 0 Å². The number of aromatic nitrogens is 2. The zero-order chi connectivity index (χ0) is 20.6. The predicted octanol–water partition coefficient (Wildman–Crippen LogP) is 2.97. The molecule has 0 bridgehead atoms. The van der Waals surface area contributed by atoms with E-state index >= 15 is 0 Å². The van der Waals surface area contributed by atoms with Gasteiger partial charge in [0.05, 0.1) is 22.1 Å². The molecule has 2 aromatic carbocycles. The molecule has 1 aromatic heterocycles. The Morgan fingerprint density at radius 1 is 1.25 bits per heavy atom. The molecule has 1 atom stereocenters. The summed E-state index contributed by atoms with van der Waals surface area (Å²) in [6.07, 6.45) is 0. The van der Waals surface area contributed by atoms with Crippen molar-refractivity contribution in [3.8, 4) is 6.07 Å². The molecular formula is C19H17ClN4O3S. The molecule has 0 aliphatic heterocycles. The minimum absolute atomic E-state index is 0.00138. The summed E-state index contributed by atoms with van der Waals surface area (Å²) in [5, 5.41) is 9.66. The number of sulfonamides is 1. The fraction of sp³-hybridized carbons (Fsp3) is 0.211. The number of Topliss-reactive ketones (excluding diaryl/α,β-unsaturated/α-hetero) is 1. The van der Waals surface area contributed by atoms with E-state index in [9.17, 15) is 18.5 Å². The molecule has 3 rings (SSSR count). The number of carbonyl (C=O) groups is 1. The maximum absolute atomic E-state index is 13.0. The van der Waals surface area contributed by atoms with Crippen LogP contribution in [0, 0.1) is 11.3 Å². The minimum Gasteiger partial charge on any atom is -0.330 e. The first kappa shape index (κ1) is 20.0. The lowest BCUT2D eigenvalue weighted by Crippen LogP contribution is -2.23. The van der Waals surface area contributed by atoms with Crippen molar-refractivity contribution in [3.63, 3.8) is 0 Å². The summed E-state index contributed by atoms with van der Waals surface area (Å²) in [5.74, 6) is -1.44. The molecule has 0 N–H and O–H groups in total. The third-order valence-electron chi connectivity index (χ3n) is 4.45. The number of imidazole rings is 1. The highest BCUT2D eigenvalue weighted by atomic mass is 35.5. The second-order valence-electron chi connectivity index (χ2n) is 6.38. The molecule has 0 saturated carbocycles. The second-order valence-corrected chi connectivity index (χ2v) is 8.90. The standard InChI is InChI=1S/C19H17ClN4O3S/c1-23(2)28(26,27)17-10-12(8-9-14(17)20)18(25)13(11-21)19-22-15-6-4-5-7-16(15)24(19)3/h4-10,13H,1-3H3. The fourth-order valence-electron chi connectivity index (χ4n) is 2.87. The van der Waals surface area contributed by atoms with Crippen LogP contribution in [-0.4, -0.2) is 42.2 Å². The smallest absolute Gasteiger partial charge is 0.244 e. The molecule has 0 saturated heterocycles. The zero-order valence-corrected chi connectivity index (χ0v) is 17.0. The largest absolute Gasteiger partial charge is 0.330 e. The summed E-state index contributed by atoms with van der Waals surface area (Å²) in [6.45, 7) is 0. The second kappa shape index (κ2) is 7.36. The van der Waals surface area contributed by atoms with Crippen molar-refractivity contribution in [2.45, 2.75) is 10.8 Å². The van der Waals surface area contributed by atoms with E-state index in [1.54, 1.807) is 17.7 Å². The average Bonchev–Trinajstić information content (AvgIpc) is 2.99. The summed E-state index contributed by atoms with van der Waals surface area (Å²) in [6, 6.07) is 13.2. The lowest BCUT2D eigenvalue weighted by Gasteiger charge is -2.14. The molecule has 1 unspecified atom stereocenters. The minimum atomic E-state index is -3.84. The highest BCUT2D eigenvalue weighted by molar-refractivity contribution is 7.89. The summed E-state index contributed by atoms with van der Waals surface area (Å²) in [4.78, 5) is 17.3. The molecule has 0 radical (unpaired) electrons. The number of carbonyl (C=O) groups excluding carboxylic acids is 1. The van der Waals surface area contributed by atoms with Crippen molar-refractivity contribution in [1.82, 2.24) is 13.9 Å². The molecule has 28 heavy (non-hydrogen) atoms. The number of para-hydroxylation sites is 2. The molecule has 0 aliphatic rings. The number of hydrogen-bond acceptors (Lipinski definition) is 5. The third kappa shape index (κ3) is 3.29. The molecule has 9 heteroatoms. The van der Waals surface area contributed by atoms with Gasteiger partial charge in [0.25, 0.3) is 0 Å². The fourth-order valence-corrected chi connectivity index (χ4v) is 4.27. The van der Waals surface area contributed by atoms with Gasteiger partial charge in [-0.15, -0.1) is 0 Å².